The zero-order chi connectivity index (χ0) is 23.2. The van der Waals surface area contributed by atoms with Crippen molar-refractivity contribution in [3.8, 4) is 0 Å². The van der Waals surface area contributed by atoms with Crippen molar-refractivity contribution in [1.82, 2.24) is 9.88 Å². The van der Waals surface area contributed by atoms with Crippen molar-refractivity contribution >= 4 is 34.1 Å². The number of amides is 1. The molecule has 2 saturated heterocycles. The molecule has 3 heterocycles. The summed E-state index contributed by atoms with van der Waals surface area (Å²) in [6.07, 6.45) is 3.53. The number of alkyl halides is 2. The molecular weight excluding hydrogens is 448 g/mol. The van der Waals surface area contributed by atoms with E-state index in [0.29, 0.717) is 17.8 Å². The summed E-state index contributed by atoms with van der Waals surface area (Å²) in [5.41, 5.74) is 1.14. The lowest BCUT2D eigenvalue weighted by Crippen LogP contribution is -2.51. The molecule has 3 aliphatic rings. The number of nitrogens with one attached hydrogen (secondary N) is 1. The van der Waals surface area contributed by atoms with E-state index in [9.17, 15) is 13.6 Å². The highest BCUT2D eigenvalue weighted by molar-refractivity contribution is 6.32. The van der Waals surface area contributed by atoms with Crippen LogP contribution in [0.2, 0.25) is 5.02 Å². The fourth-order valence-corrected chi connectivity index (χ4v) is 5.88. The molecule has 1 saturated carbocycles. The molecule has 1 amide bonds. The number of aromatic nitrogens is 1. The van der Waals surface area contributed by atoms with Crippen LogP contribution in [0.1, 0.15) is 50.5 Å². The van der Waals surface area contributed by atoms with Crippen LogP contribution in [0, 0.1) is 11.8 Å². The highest BCUT2D eigenvalue weighted by Crippen LogP contribution is 2.40. The Hall–Kier alpha value is -1.83. The van der Waals surface area contributed by atoms with Gasteiger partial charge in [0.1, 0.15) is 5.82 Å². The second kappa shape index (κ2) is 9.08. The smallest absolute Gasteiger partial charge is 0.248 e. The van der Waals surface area contributed by atoms with Crippen molar-refractivity contribution in [2.75, 3.05) is 31.6 Å². The molecule has 1 aromatic heterocycles. The Morgan fingerprint density at radius 3 is 2.61 bits per heavy atom. The number of benzene rings is 1. The van der Waals surface area contributed by atoms with Crippen molar-refractivity contribution in [2.45, 2.75) is 56.9 Å². The summed E-state index contributed by atoms with van der Waals surface area (Å²) in [4.78, 5) is 19.7. The van der Waals surface area contributed by atoms with Crippen LogP contribution in [-0.4, -0.2) is 54.1 Å². The summed E-state index contributed by atoms with van der Waals surface area (Å²) in [6, 6.07) is 6.48. The van der Waals surface area contributed by atoms with Gasteiger partial charge in [0.05, 0.1) is 19.3 Å². The van der Waals surface area contributed by atoms with Gasteiger partial charge in [-0.2, -0.15) is 0 Å². The molecule has 0 spiro atoms. The Morgan fingerprint density at radius 2 is 1.94 bits per heavy atom. The maximum atomic E-state index is 13.6. The average molecular weight is 478 g/mol. The number of likely N-dealkylation sites (tertiary alicyclic amines) is 1. The van der Waals surface area contributed by atoms with Gasteiger partial charge < -0.3 is 10.1 Å². The lowest BCUT2D eigenvalue weighted by atomic mass is 9.78. The van der Waals surface area contributed by atoms with Crippen molar-refractivity contribution in [2.24, 2.45) is 11.8 Å². The largest absolute Gasteiger partial charge is 0.378 e. The maximum absolute atomic E-state index is 13.6. The highest BCUT2D eigenvalue weighted by atomic mass is 35.5. The van der Waals surface area contributed by atoms with E-state index in [1.165, 1.54) is 0 Å². The number of carbonyl (C=O) groups is 1. The van der Waals surface area contributed by atoms with E-state index in [1.807, 2.05) is 12.1 Å². The Bertz CT molecular complexity index is 1040. The molecule has 0 bridgehead atoms. The van der Waals surface area contributed by atoms with Crippen LogP contribution in [0.4, 0.5) is 14.6 Å². The number of pyridine rings is 1. The summed E-state index contributed by atoms with van der Waals surface area (Å²) in [7, 11) is 0. The first-order chi connectivity index (χ1) is 15.8. The van der Waals surface area contributed by atoms with Gasteiger partial charge in [-0.1, -0.05) is 18.5 Å². The van der Waals surface area contributed by atoms with Gasteiger partial charge in [0.15, 0.2) is 0 Å². The molecule has 0 radical (unpaired) electrons. The van der Waals surface area contributed by atoms with Crippen LogP contribution in [0.25, 0.3) is 10.8 Å². The fourth-order valence-electron chi connectivity index (χ4n) is 5.55. The third-order valence-corrected chi connectivity index (χ3v) is 7.99. The third kappa shape index (κ3) is 4.86. The van der Waals surface area contributed by atoms with Gasteiger partial charge in [-0.3, -0.25) is 9.69 Å². The Kier molecular flexibility index (Phi) is 6.31. The minimum absolute atomic E-state index is 0.193. The van der Waals surface area contributed by atoms with E-state index in [-0.39, 0.29) is 31.1 Å². The SMILES string of the molecule is C[C@H]1CC(F)(F)CC[C@H]1C(=O)Nc1cc2cc(C3CCN(C4COC4)CC3)c(Cl)cc2cn1. The molecule has 178 valence electrons. The minimum atomic E-state index is -2.67. The fraction of sp³-hybridized carbons (Fsp3) is 0.600. The molecular formula is C25H30ClF2N3O2. The van der Waals surface area contributed by atoms with Gasteiger partial charge >= 0.3 is 0 Å². The van der Waals surface area contributed by atoms with Gasteiger partial charge in [-0.15, -0.1) is 0 Å². The van der Waals surface area contributed by atoms with Crippen LogP contribution in [-0.2, 0) is 9.53 Å². The van der Waals surface area contributed by atoms with Crippen molar-refractivity contribution in [1.29, 1.82) is 0 Å². The predicted octanol–water partition coefficient (Wildman–Crippen LogP) is 5.48. The van der Waals surface area contributed by atoms with E-state index >= 15 is 0 Å². The summed E-state index contributed by atoms with van der Waals surface area (Å²) < 4.78 is 32.6. The molecule has 3 fully saturated rings. The van der Waals surface area contributed by atoms with E-state index in [1.54, 1.807) is 13.1 Å². The number of rotatable bonds is 4. The summed E-state index contributed by atoms with van der Waals surface area (Å²) >= 11 is 6.65. The number of fused-ring (bicyclic) bond motifs is 1. The average Bonchev–Trinajstić information content (AvgIpc) is 2.72. The molecule has 1 N–H and O–H groups in total. The summed E-state index contributed by atoms with van der Waals surface area (Å²) in [5, 5.41) is 5.50. The molecule has 8 heteroatoms. The lowest BCUT2D eigenvalue weighted by Gasteiger charge is -2.41. The lowest BCUT2D eigenvalue weighted by molar-refractivity contribution is -0.127. The maximum Gasteiger partial charge on any atom is 0.248 e. The molecule has 0 unspecified atom stereocenters. The zero-order valence-electron chi connectivity index (χ0n) is 18.8. The van der Waals surface area contributed by atoms with Crippen LogP contribution < -0.4 is 5.32 Å². The Balaban J connectivity index is 1.29. The number of halogens is 3. The first kappa shape index (κ1) is 22.9. The number of carbonyl (C=O) groups excluding carboxylic acids is 1. The first-order valence-electron chi connectivity index (χ1n) is 11.9. The van der Waals surface area contributed by atoms with Crippen molar-refractivity contribution < 1.29 is 18.3 Å². The van der Waals surface area contributed by atoms with Crippen LogP contribution in [0.5, 0.6) is 0 Å². The van der Waals surface area contributed by atoms with Crippen LogP contribution in [0.3, 0.4) is 0 Å². The number of ether oxygens (including phenoxy) is 1. The number of nitrogens with zero attached hydrogens (tertiary/aromatic N) is 2. The predicted molar refractivity (Wildman–Crippen MR) is 125 cm³/mol. The molecule has 5 nitrogen and oxygen atoms in total. The molecule has 5 rings (SSSR count). The van der Waals surface area contributed by atoms with Crippen molar-refractivity contribution in [3.05, 3.63) is 35.0 Å². The van der Waals surface area contributed by atoms with E-state index in [0.717, 1.165) is 60.5 Å². The van der Waals surface area contributed by atoms with Crippen LogP contribution in [0.15, 0.2) is 24.4 Å². The van der Waals surface area contributed by atoms with Crippen LogP contribution >= 0.6 is 11.6 Å². The van der Waals surface area contributed by atoms with Gasteiger partial charge in [-0.25, -0.2) is 13.8 Å². The Labute approximate surface area is 197 Å². The molecule has 2 aliphatic heterocycles. The topological polar surface area (TPSA) is 54.5 Å². The Morgan fingerprint density at radius 1 is 1.18 bits per heavy atom. The van der Waals surface area contributed by atoms with Crippen molar-refractivity contribution in [3.63, 3.8) is 0 Å². The molecule has 1 aliphatic carbocycles. The second-order valence-electron chi connectivity index (χ2n) is 9.96. The molecule has 1 aromatic carbocycles. The minimum Gasteiger partial charge on any atom is -0.378 e. The normalized spacial score (nSPS) is 26.8. The number of anilines is 1. The van der Waals surface area contributed by atoms with E-state index < -0.39 is 11.8 Å². The first-order valence-corrected chi connectivity index (χ1v) is 12.3. The second-order valence-corrected chi connectivity index (χ2v) is 10.4. The summed E-state index contributed by atoms with van der Waals surface area (Å²) in [6.45, 7) is 5.49. The van der Waals surface area contributed by atoms with Gasteiger partial charge in [-0.05, 0) is 73.3 Å². The quantitative estimate of drug-likeness (QED) is 0.633. The monoisotopic (exact) mass is 477 g/mol. The zero-order valence-corrected chi connectivity index (χ0v) is 19.6. The standard InChI is InChI=1S/C25H30ClF2N3O2/c1-15-11-25(27,28)5-2-20(15)24(32)30-23-10-17-8-21(22(26)9-18(17)12-29-23)16-3-6-31(7-4-16)19-13-33-14-19/h8-10,12,15-16,19-20H,2-7,11,13-14H2,1H3,(H,29,30,32)/t15-,20+/m0/s1. The van der Waals surface area contributed by atoms with Gasteiger partial charge in [0, 0.05) is 35.4 Å². The molecule has 33 heavy (non-hydrogen) atoms. The van der Waals surface area contributed by atoms with Gasteiger partial charge in [0.2, 0.25) is 11.8 Å². The number of hydrogen-bond donors (Lipinski definition) is 1. The number of hydrogen-bond acceptors (Lipinski definition) is 4. The van der Waals surface area contributed by atoms with E-state index in [2.05, 4.69) is 21.3 Å². The molecule has 2 atom stereocenters. The number of piperidine rings is 1. The molecule has 2 aromatic rings. The highest BCUT2D eigenvalue weighted by Gasteiger charge is 2.42. The third-order valence-electron chi connectivity index (χ3n) is 7.66. The summed E-state index contributed by atoms with van der Waals surface area (Å²) in [5.74, 6) is -2.84. The van der Waals surface area contributed by atoms with Gasteiger partial charge in [0.25, 0.3) is 0 Å². The van der Waals surface area contributed by atoms with E-state index in [4.69, 9.17) is 16.3 Å².